The van der Waals surface area contributed by atoms with Crippen molar-refractivity contribution < 1.29 is 23.2 Å². The van der Waals surface area contributed by atoms with Gasteiger partial charge in [-0.1, -0.05) is 6.92 Å². The Morgan fingerprint density at radius 1 is 1.35 bits per heavy atom. The zero-order chi connectivity index (χ0) is 17.6. The van der Waals surface area contributed by atoms with Crippen LogP contribution in [-0.4, -0.2) is 50.5 Å². The average Bonchev–Trinajstić information content (AvgIpc) is 2.59. The number of carbonyl (C=O) groups is 1. The second-order valence-electron chi connectivity index (χ2n) is 7.84. The van der Waals surface area contributed by atoms with Gasteiger partial charge in [0.2, 0.25) is 0 Å². The molecular formula is C15H26F2N2O3S. The second-order valence-corrected chi connectivity index (χ2v) is 9.84. The van der Waals surface area contributed by atoms with Gasteiger partial charge in [-0.3, -0.25) is 0 Å². The SMILES string of the molecule is C[C@@H]1CC2(CCN(C(=O)O)CC2)[C@H](N[S@+]([O-])C(C)(C)C)C1(F)F. The maximum Gasteiger partial charge on any atom is 0.407 e. The summed E-state index contributed by atoms with van der Waals surface area (Å²) in [6.07, 6.45) is 0.0589. The molecule has 5 nitrogen and oxygen atoms in total. The molecule has 0 bridgehead atoms. The lowest BCUT2D eigenvalue weighted by atomic mass is 9.74. The number of hydrogen-bond donors (Lipinski definition) is 2. The fourth-order valence-corrected chi connectivity index (χ4v) is 4.65. The number of carboxylic acid groups (broad SMARTS) is 1. The molecule has 0 aromatic rings. The van der Waals surface area contributed by atoms with Gasteiger partial charge in [-0.05, 0) is 45.4 Å². The van der Waals surface area contributed by atoms with Crippen LogP contribution in [0.1, 0.15) is 47.0 Å². The van der Waals surface area contributed by atoms with Crippen LogP contribution in [0.15, 0.2) is 0 Å². The van der Waals surface area contributed by atoms with E-state index in [1.54, 1.807) is 20.8 Å². The number of rotatable bonds is 2. The second kappa shape index (κ2) is 6.04. The summed E-state index contributed by atoms with van der Waals surface area (Å²) in [5.41, 5.74) is -0.699. The maximum atomic E-state index is 14.7. The fraction of sp³-hybridized carbons (Fsp3) is 0.933. The zero-order valence-corrected chi connectivity index (χ0v) is 14.9. The topological polar surface area (TPSA) is 75.6 Å². The number of halogens is 2. The van der Waals surface area contributed by atoms with Crippen LogP contribution in [0.5, 0.6) is 0 Å². The van der Waals surface area contributed by atoms with Crippen molar-refractivity contribution in [1.82, 2.24) is 9.62 Å². The van der Waals surface area contributed by atoms with Gasteiger partial charge in [-0.2, -0.15) is 0 Å². The van der Waals surface area contributed by atoms with Crippen molar-refractivity contribution >= 4 is 17.5 Å². The van der Waals surface area contributed by atoms with Crippen molar-refractivity contribution in [3.05, 3.63) is 0 Å². The van der Waals surface area contributed by atoms with Crippen molar-refractivity contribution in [2.45, 2.75) is 63.7 Å². The predicted molar refractivity (Wildman–Crippen MR) is 84.8 cm³/mol. The van der Waals surface area contributed by atoms with Crippen LogP contribution in [0.25, 0.3) is 0 Å². The minimum atomic E-state index is -2.95. The Kier molecular flexibility index (Phi) is 4.92. The average molecular weight is 352 g/mol. The summed E-state index contributed by atoms with van der Waals surface area (Å²) in [4.78, 5) is 12.3. The molecule has 0 aromatic heterocycles. The smallest absolute Gasteiger partial charge is 0.407 e. The Hall–Kier alpha value is -0.600. The molecule has 1 amide bonds. The summed E-state index contributed by atoms with van der Waals surface area (Å²) < 4.78 is 43.9. The summed E-state index contributed by atoms with van der Waals surface area (Å²) in [5.74, 6) is -3.76. The first-order valence-corrected chi connectivity index (χ1v) is 9.09. The van der Waals surface area contributed by atoms with Crippen LogP contribution in [0, 0.1) is 11.3 Å². The highest BCUT2D eigenvalue weighted by Gasteiger charge is 2.65. The number of nitrogens with zero attached hydrogens (tertiary/aromatic N) is 1. The largest absolute Gasteiger partial charge is 0.598 e. The van der Waals surface area contributed by atoms with Gasteiger partial charge >= 0.3 is 6.09 Å². The van der Waals surface area contributed by atoms with Gasteiger partial charge in [-0.15, -0.1) is 4.72 Å². The van der Waals surface area contributed by atoms with E-state index in [2.05, 4.69) is 4.72 Å². The molecule has 1 heterocycles. The van der Waals surface area contributed by atoms with Crippen LogP contribution in [0.4, 0.5) is 13.6 Å². The lowest BCUT2D eigenvalue weighted by Crippen LogP contribution is -2.58. The number of hydrogen-bond acceptors (Lipinski definition) is 3. The Labute approximate surface area is 139 Å². The van der Waals surface area contributed by atoms with Crippen molar-refractivity contribution in [3.63, 3.8) is 0 Å². The van der Waals surface area contributed by atoms with E-state index < -0.39 is 45.5 Å². The van der Waals surface area contributed by atoms with Gasteiger partial charge in [0.25, 0.3) is 5.92 Å². The first-order chi connectivity index (χ1) is 10.4. The molecule has 0 unspecified atom stereocenters. The van der Waals surface area contributed by atoms with E-state index >= 15 is 0 Å². The fourth-order valence-electron chi connectivity index (χ4n) is 3.68. The van der Waals surface area contributed by atoms with Crippen molar-refractivity contribution in [3.8, 4) is 0 Å². The van der Waals surface area contributed by atoms with Crippen molar-refractivity contribution in [2.24, 2.45) is 11.3 Å². The van der Waals surface area contributed by atoms with Gasteiger partial charge in [0.05, 0.1) is 0 Å². The Morgan fingerprint density at radius 2 is 1.87 bits per heavy atom. The molecule has 3 atom stereocenters. The first-order valence-electron chi connectivity index (χ1n) is 7.94. The molecule has 2 rings (SSSR count). The monoisotopic (exact) mass is 352 g/mol. The molecule has 2 aliphatic rings. The third-order valence-electron chi connectivity index (χ3n) is 5.18. The highest BCUT2D eigenvalue weighted by Crippen LogP contribution is 2.56. The van der Waals surface area contributed by atoms with Crippen molar-refractivity contribution in [2.75, 3.05) is 13.1 Å². The lowest BCUT2D eigenvalue weighted by Gasteiger charge is -2.43. The van der Waals surface area contributed by atoms with Gasteiger partial charge in [-0.25, -0.2) is 13.6 Å². The summed E-state index contributed by atoms with van der Waals surface area (Å²) in [6.45, 7) is 7.25. The molecule has 0 radical (unpaired) electrons. The summed E-state index contributed by atoms with van der Waals surface area (Å²) in [7, 11) is 0. The standard InChI is InChI=1S/C15H26F2N2O3S/c1-10-9-14(5-7-19(8-6-14)12(20)21)11(15(10,16)17)18-23(22)13(2,3)4/h10-11,18H,5-9H2,1-4H3,(H,20,21)/t10-,11+,23-/m1/s1. The van der Waals surface area contributed by atoms with E-state index in [9.17, 15) is 18.1 Å². The minimum absolute atomic E-state index is 0.248. The molecule has 23 heavy (non-hydrogen) atoms. The maximum absolute atomic E-state index is 14.7. The van der Waals surface area contributed by atoms with Gasteiger partial charge in [0.15, 0.2) is 0 Å². The van der Waals surface area contributed by atoms with E-state index in [1.165, 1.54) is 11.8 Å². The van der Waals surface area contributed by atoms with Gasteiger partial charge < -0.3 is 14.6 Å². The highest BCUT2D eigenvalue weighted by atomic mass is 32.2. The Bertz CT molecular complexity index is 462. The highest BCUT2D eigenvalue weighted by molar-refractivity contribution is 7.90. The Morgan fingerprint density at radius 3 is 2.30 bits per heavy atom. The number of amides is 1. The molecule has 8 heteroatoms. The van der Waals surface area contributed by atoms with E-state index in [4.69, 9.17) is 5.11 Å². The normalized spacial score (nSPS) is 31.3. The zero-order valence-electron chi connectivity index (χ0n) is 14.1. The minimum Gasteiger partial charge on any atom is -0.598 e. The molecule has 1 saturated carbocycles. The quantitative estimate of drug-likeness (QED) is 0.750. The number of nitrogens with one attached hydrogen (secondary N) is 1. The van der Waals surface area contributed by atoms with E-state index in [0.29, 0.717) is 19.3 Å². The van der Waals surface area contributed by atoms with Crippen LogP contribution in [-0.2, 0) is 11.4 Å². The lowest BCUT2D eigenvalue weighted by molar-refractivity contribution is -0.0640. The molecule has 1 aliphatic heterocycles. The molecule has 134 valence electrons. The first kappa shape index (κ1) is 18.7. The van der Waals surface area contributed by atoms with Crippen LogP contribution in [0.3, 0.4) is 0 Å². The third-order valence-corrected chi connectivity index (χ3v) is 6.74. The van der Waals surface area contributed by atoms with E-state index in [0.717, 1.165) is 0 Å². The van der Waals surface area contributed by atoms with E-state index in [-0.39, 0.29) is 13.1 Å². The van der Waals surface area contributed by atoms with Crippen molar-refractivity contribution in [1.29, 1.82) is 0 Å². The van der Waals surface area contributed by atoms with Crippen LogP contribution >= 0.6 is 0 Å². The molecule has 1 saturated heterocycles. The number of piperidine rings is 1. The van der Waals surface area contributed by atoms with E-state index in [1.807, 2.05) is 0 Å². The molecule has 2 N–H and O–H groups in total. The van der Waals surface area contributed by atoms with Gasteiger partial charge in [0.1, 0.15) is 10.8 Å². The van der Waals surface area contributed by atoms with Crippen LogP contribution < -0.4 is 4.72 Å². The summed E-state index contributed by atoms with van der Waals surface area (Å²) >= 11 is -1.59. The molecule has 1 aliphatic carbocycles. The molecular weight excluding hydrogens is 326 g/mol. The summed E-state index contributed by atoms with van der Waals surface area (Å²) in [6, 6.07) is -1.18. The number of likely N-dealkylation sites (tertiary alicyclic amines) is 1. The molecule has 0 aromatic carbocycles. The predicted octanol–water partition coefficient (Wildman–Crippen LogP) is 2.84. The Balaban J connectivity index is 2.22. The third kappa shape index (κ3) is 3.44. The molecule has 1 spiro atoms. The number of alkyl halides is 2. The van der Waals surface area contributed by atoms with Gasteiger partial charge in [0, 0.05) is 30.4 Å². The summed E-state index contributed by atoms with van der Waals surface area (Å²) in [5, 5.41) is 9.06. The molecule has 2 fully saturated rings. The van der Waals surface area contributed by atoms with Crippen LogP contribution in [0.2, 0.25) is 0 Å².